The highest BCUT2D eigenvalue weighted by Crippen LogP contribution is 2.26. The summed E-state index contributed by atoms with van der Waals surface area (Å²) in [7, 11) is -3.44. The fraction of sp³-hybridized carbons (Fsp3) is 0.519. The standard InChI is InChI=1S/C27H39N3O3S/c1-20-15-18-29(19-16-20)25-13-11-24(12-14-25)23(4)28-27(31)10-7-17-30(34(5,32)33)26-9-6-8-21(2)22(26)3/h6,8-9,11-14,20,23H,7,10,15-19H2,1-5H3,(H,28,31)/t23-/m0/s1. The monoisotopic (exact) mass is 485 g/mol. The number of carbonyl (C=O) groups excluding carboxylic acids is 1. The van der Waals surface area contributed by atoms with Crippen LogP contribution < -0.4 is 14.5 Å². The first kappa shape index (κ1) is 26.1. The molecule has 0 radical (unpaired) electrons. The number of nitrogens with zero attached hydrogens (tertiary/aromatic N) is 2. The second-order valence-corrected chi connectivity index (χ2v) is 11.6. The van der Waals surface area contributed by atoms with Gasteiger partial charge in [0.15, 0.2) is 0 Å². The lowest BCUT2D eigenvalue weighted by molar-refractivity contribution is -0.121. The largest absolute Gasteiger partial charge is 0.372 e. The third kappa shape index (κ3) is 6.75. The third-order valence-electron chi connectivity index (χ3n) is 6.93. The Morgan fingerprint density at radius 1 is 1.12 bits per heavy atom. The first-order valence-corrected chi connectivity index (χ1v) is 14.1. The van der Waals surface area contributed by atoms with E-state index < -0.39 is 10.0 Å². The molecule has 1 atom stereocenters. The Balaban J connectivity index is 1.53. The molecule has 1 heterocycles. The van der Waals surface area contributed by atoms with Gasteiger partial charge >= 0.3 is 0 Å². The van der Waals surface area contributed by atoms with E-state index in [-0.39, 0.29) is 24.9 Å². The van der Waals surface area contributed by atoms with Gasteiger partial charge in [-0.15, -0.1) is 0 Å². The Hall–Kier alpha value is -2.54. The van der Waals surface area contributed by atoms with Crippen LogP contribution in [0.5, 0.6) is 0 Å². The number of sulfonamides is 1. The van der Waals surface area contributed by atoms with Crippen LogP contribution in [0.1, 0.15) is 62.3 Å². The maximum Gasteiger partial charge on any atom is 0.232 e. The molecule has 6 nitrogen and oxygen atoms in total. The molecule has 1 N–H and O–H groups in total. The summed E-state index contributed by atoms with van der Waals surface area (Å²) in [5, 5.41) is 3.05. The number of rotatable bonds is 9. The zero-order valence-corrected chi connectivity index (χ0v) is 22.0. The van der Waals surface area contributed by atoms with E-state index >= 15 is 0 Å². The van der Waals surface area contributed by atoms with Crippen LogP contribution in [0.2, 0.25) is 0 Å². The van der Waals surface area contributed by atoms with Crippen LogP contribution in [0.3, 0.4) is 0 Å². The van der Waals surface area contributed by atoms with E-state index in [9.17, 15) is 13.2 Å². The van der Waals surface area contributed by atoms with Crippen LogP contribution in [0, 0.1) is 19.8 Å². The first-order valence-electron chi connectivity index (χ1n) is 12.2. The van der Waals surface area contributed by atoms with E-state index in [1.807, 2.05) is 39.0 Å². The van der Waals surface area contributed by atoms with Gasteiger partial charge in [0.2, 0.25) is 15.9 Å². The summed E-state index contributed by atoms with van der Waals surface area (Å²) in [5.41, 5.74) is 4.96. The number of benzene rings is 2. The van der Waals surface area contributed by atoms with E-state index in [1.165, 1.54) is 29.1 Å². The van der Waals surface area contributed by atoms with Crippen molar-refractivity contribution in [1.82, 2.24) is 5.32 Å². The molecule has 186 valence electrons. The lowest BCUT2D eigenvalue weighted by Gasteiger charge is -2.32. The summed E-state index contributed by atoms with van der Waals surface area (Å²) in [6.07, 6.45) is 4.39. The van der Waals surface area contributed by atoms with Gasteiger partial charge in [-0.2, -0.15) is 0 Å². The van der Waals surface area contributed by atoms with Gasteiger partial charge < -0.3 is 10.2 Å². The number of carbonyl (C=O) groups is 1. The van der Waals surface area contributed by atoms with Crippen LogP contribution in [-0.2, 0) is 14.8 Å². The Kier molecular flexibility index (Phi) is 8.63. The molecule has 0 aliphatic carbocycles. The van der Waals surface area contributed by atoms with Crippen molar-refractivity contribution < 1.29 is 13.2 Å². The highest BCUT2D eigenvalue weighted by molar-refractivity contribution is 7.92. The number of amides is 1. The molecule has 0 spiro atoms. The second kappa shape index (κ2) is 11.3. The lowest BCUT2D eigenvalue weighted by Crippen LogP contribution is -2.33. The van der Waals surface area contributed by atoms with Crippen molar-refractivity contribution in [2.75, 3.05) is 35.1 Å². The van der Waals surface area contributed by atoms with Gasteiger partial charge in [-0.05, 0) is 80.8 Å². The van der Waals surface area contributed by atoms with E-state index in [0.29, 0.717) is 12.1 Å². The Labute approximate surface area is 205 Å². The van der Waals surface area contributed by atoms with Crippen molar-refractivity contribution in [2.45, 2.75) is 59.4 Å². The summed E-state index contributed by atoms with van der Waals surface area (Å²) in [4.78, 5) is 15.0. The molecule has 1 amide bonds. The zero-order valence-electron chi connectivity index (χ0n) is 21.2. The molecule has 1 fully saturated rings. The fourth-order valence-corrected chi connectivity index (χ4v) is 5.51. The molecule has 3 rings (SSSR count). The average Bonchev–Trinajstić information content (AvgIpc) is 2.79. The molecular formula is C27H39N3O3S. The number of aryl methyl sites for hydroxylation is 1. The second-order valence-electron chi connectivity index (χ2n) is 9.71. The van der Waals surface area contributed by atoms with Crippen molar-refractivity contribution in [3.63, 3.8) is 0 Å². The van der Waals surface area contributed by atoms with Crippen molar-refractivity contribution in [3.8, 4) is 0 Å². The molecular weight excluding hydrogens is 446 g/mol. The predicted octanol–water partition coefficient (Wildman–Crippen LogP) is 4.96. The Morgan fingerprint density at radius 3 is 2.38 bits per heavy atom. The van der Waals surface area contributed by atoms with Gasteiger partial charge in [0, 0.05) is 31.7 Å². The van der Waals surface area contributed by atoms with E-state index in [0.717, 1.165) is 35.7 Å². The highest BCUT2D eigenvalue weighted by Gasteiger charge is 2.20. The molecule has 0 aromatic heterocycles. The van der Waals surface area contributed by atoms with Crippen LogP contribution in [0.25, 0.3) is 0 Å². The van der Waals surface area contributed by atoms with Crippen molar-refractivity contribution in [1.29, 1.82) is 0 Å². The maximum atomic E-state index is 12.6. The van der Waals surface area contributed by atoms with Gasteiger partial charge in [0.05, 0.1) is 18.0 Å². The smallest absolute Gasteiger partial charge is 0.232 e. The molecule has 1 aliphatic rings. The average molecular weight is 486 g/mol. The van der Waals surface area contributed by atoms with Gasteiger partial charge in [-0.3, -0.25) is 9.10 Å². The molecule has 7 heteroatoms. The van der Waals surface area contributed by atoms with Gasteiger partial charge in [0.25, 0.3) is 0 Å². The Bertz CT molecular complexity index is 1070. The van der Waals surface area contributed by atoms with Gasteiger partial charge in [0.1, 0.15) is 0 Å². The number of hydrogen-bond donors (Lipinski definition) is 1. The molecule has 2 aromatic carbocycles. The summed E-state index contributed by atoms with van der Waals surface area (Å²) in [5.74, 6) is 0.729. The molecule has 0 saturated carbocycles. The summed E-state index contributed by atoms with van der Waals surface area (Å²) in [6.45, 7) is 10.6. The predicted molar refractivity (Wildman–Crippen MR) is 141 cm³/mol. The van der Waals surface area contributed by atoms with Crippen LogP contribution >= 0.6 is 0 Å². The molecule has 2 aromatic rings. The topological polar surface area (TPSA) is 69.7 Å². The lowest BCUT2D eigenvalue weighted by atomic mass is 9.98. The van der Waals surface area contributed by atoms with Crippen molar-refractivity contribution in [3.05, 3.63) is 59.2 Å². The number of hydrogen-bond acceptors (Lipinski definition) is 4. The first-order chi connectivity index (χ1) is 16.1. The SMILES string of the molecule is Cc1cccc(N(CCCC(=O)N[C@@H](C)c2ccc(N3CCC(C)CC3)cc2)S(C)(=O)=O)c1C. The van der Waals surface area contributed by atoms with Crippen LogP contribution in [-0.4, -0.2) is 40.2 Å². The number of piperidine rings is 1. The minimum atomic E-state index is -3.44. The highest BCUT2D eigenvalue weighted by atomic mass is 32.2. The van der Waals surface area contributed by atoms with E-state index in [2.05, 4.69) is 41.4 Å². The van der Waals surface area contributed by atoms with E-state index in [4.69, 9.17) is 0 Å². The molecule has 1 saturated heterocycles. The number of nitrogens with one attached hydrogen (secondary N) is 1. The third-order valence-corrected chi connectivity index (χ3v) is 8.11. The molecule has 0 bridgehead atoms. The maximum absolute atomic E-state index is 12.6. The fourth-order valence-electron chi connectivity index (χ4n) is 4.49. The minimum Gasteiger partial charge on any atom is -0.372 e. The normalized spacial score (nSPS) is 15.7. The minimum absolute atomic E-state index is 0.0731. The van der Waals surface area contributed by atoms with Crippen molar-refractivity contribution in [2.24, 2.45) is 5.92 Å². The van der Waals surface area contributed by atoms with Crippen LogP contribution in [0.15, 0.2) is 42.5 Å². The Morgan fingerprint density at radius 2 is 1.76 bits per heavy atom. The zero-order chi connectivity index (χ0) is 24.9. The molecule has 0 unspecified atom stereocenters. The van der Waals surface area contributed by atoms with Gasteiger partial charge in [-0.25, -0.2) is 8.42 Å². The summed E-state index contributed by atoms with van der Waals surface area (Å²) < 4.78 is 26.2. The van der Waals surface area contributed by atoms with Crippen molar-refractivity contribution >= 4 is 27.3 Å². The quantitative estimate of drug-likeness (QED) is 0.545. The molecule has 34 heavy (non-hydrogen) atoms. The number of anilines is 2. The van der Waals surface area contributed by atoms with Gasteiger partial charge in [-0.1, -0.05) is 31.2 Å². The summed E-state index contributed by atoms with van der Waals surface area (Å²) >= 11 is 0. The summed E-state index contributed by atoms with van der Waals surface area (Å²) in [6, 6.07) is 14.0. The molecule has 1 aliphatic heterocycles. The van der Waals surface area contributed by atoms with Crippen LogP contribution in [0.4, 0.5) is 11.4 Å². The van der Waals surface area contributed by atoms with E-state index in [1.54, 1.807) is 0 Å².